The molecule has 0 aromatic carbocycles. The maximum Gasteiger partial charge on any atom is 0.0389 e. The van der Waals surface area contributed by atoms with E-state index in [0.717, 1.165) is 19.4 Å². The van der Waals surface area contributed by atoms with Crippen molar-refractivity contribution in [3.63, 3.8) is 0 Å². The molecule has 0 bridgehead atoms. The fourth-order valence-corrected chi connectivity index (χ4v) is 1.24. The second-order valence-electron chi connectivity index (χ2n) is 2.85. The third kappa shape index (κ3) is 1.99. The molecule has 0 unspecified atom stereocenters. The number of hydrogen-bond donors (Lipinski definition) is 1. The maximum absolute atomic E-state index is 5.19. The van der Waals surface area contributed by atoms with Gasteiger partial charge in [0.05, 0.1) is 0 Å². The Labute approximate surface area is 61.9 Å². The Morgan fingerprint density at radius 2 is 2.20 bits per heavy atom. The number of hydrazone groups is 1. The predicted molar refractivity (Wildman–Crippen MR) is 43.0 cm³/mol. The molecule has 1 rings (SSSR count). The SMILES string of the molecule is CN1CCC/C(=N\N)CC1. The zero-order valence-electron chi connectivity index (χ0n) is 6.51. The summed E-state index contributed by atoms with van der Waals surface area (Å²) in [5.41, 5.74) is 1.17. The first-order valence-electron chi connectivity index (χ1n) is 3.77. The Bertz CT molecular complexity index is 131. The summed E-state index contributed by atoms with van der Waals surface area (Å²) in [6, 6.07) is 0. The molecule has 1 fully saturated rings. The minimum atomic E-state index is 1.05. The van der Waals surface area contributed by atoms with E-state index in [4.69, 9.17) is 5.84 Å². The molecule has 58 valence electrons. The summed E-state index contributed by atoms with van der Waals surface area (Å²) in [7, 11) is 2.14. The molecule has 2 N–H and O–H groups in total. The highest BCUT2D eigenvalue weighted by Gasteiger charge is 2.08. The first kappa shape index (κ1) is 7.54. The van der Waals surface area contributed by atoms with Gasteiger partial charge in [-0.2, -0.15) is 5.10 Å². The Hall–Kier alpha value is -0.570. The van der Waals surface area contributed by atoms with E-state index in [1.54, 1.807) is 0 Å². The number of likely N-dealkylation sites (tertiary alicyclic amines) is 1. The Kier molecular flexibility index (Phi) is 2.68. The Morgan fingerprint density at radius 3 is 2.90 bits per heavy atom. The molecule has 0 atom stereocenters. The molecule has 0 spiro atoms. The van der Waals surface area contributed by atoms with Gasteiger partial charge < -0.3 is 10.7 Å². The Balaban J connectivity index is 2.41. The summed E-state index contributed by atoms with van der Waals surface area (Å²) in [6.45, 7) is 2.29. The van der Waals surface area contributed by atoms with Crippen LogP contribution in [0.2, 0.25) is 0 Å². The van der Waals surface area contributed by atoms with E-state index in [1.807, 2.05) is 0 Å². The van der Waals surface area contributed by atoms with Crippen LogP contribution in [0.1, 0.15) is 19.3 Å². The highest BCUT2D eigenvalue weighted by Crippen LogP contribution is 2.05. The van der Waals surface area contributed by atoms with Crippen molar-refractivity contribution in [1.82, 2.24) is 4.90 Å². The van der Waals surface area contributed by atoms with Crippen molar-refractivity contribution in [2.45, 2.75) is 19.3 Å². The summed E-state index contributed by atoms with van der Waals surface area (Å²) in [5.74, 6) is 5.19. The standard InChI is InChI=1S/C7H15N3/c1-10-5-2-3-7(9-8)4-6-10/h2-6,8H2,1H3/b9-7+. The van der Waals surface area contributed by atoms with Crippen molar-refractivity contribution in [3.8, 4) is 0 Å². The molecule has 1 heterocycles. The molecule has 0 radical (unpaired) electrons. The van der Waals surface area contributed by atoms with Crippen LogP contribution in [0.25, 0.3) is 0 Å². The second-order valence-corrected chi connectivity index (χ2v) is 2.85. The molecule has 0 saturated carbocycles. The van der Waals surface area contributed by atoms with Crippen molar-refractivity contribution in [2.24, 2.45) is 10.9 Å². The van der Waals surface area contributed by atoms with E-state index in [0.29, 0.717) is 0 Å². The average Bonchev–Trinajstić information content (AvgIpc) is 2.14. The highest BCUT2D eigenvalue weighted by molar-refractivity contribution is 5.84. The fourth-order valence-electron chi connectivity index (χ4n) is 1.24. The van der Waals surface area contributed by atoms with Crippen molar-refractivity contribution in [1.29, 1.82) is 0 Å². The number of nitrogens with two attached hydrogens (primary N) is 1. The lowest BCUT2D eigenvalue weighted by atomic mass is 10.2. The summed E-state index contributed by atoms with van der Waals surface area (Å²) in [5, 5.41) is 3.73. The van der Waals surface area contributed by atoms with Crippen molar-refractivity contribution >= 4 is 5.71 Å². The van der Waals surface area contributed by atoms with Gasteiger partial charge in [-0.1, -0.05) is 0 Å². The monoisotopic (exact) mass is 141 g/mol. The normalized spacial score (nSPS) is 26.7. The summed E-state index contributed by atoms with van der Waals surface area (Å²) in [4.78, 5) is 2.32. The van der Waals surface area contributed by atoms with Crippen LogP contribution in [-0.2, 0) is 0 Å². The van der Waals surface area contributed by atoms with Crippen LogP contribution in [0, 0.1) is 0 Å². The van der Waals surface area contributed by atoms with E-state index >= 15 is 0 Å². The second kappa shape index (κ2) is 3.56. The smallest absolute Gasteiger partial charge is 0.0389 e. The summed E-state index contributed by atoms with van der Waals surface area (Å²) >= 11 is 0. The average molecular weight is 141 g/mol. The van der Waals surface area contributed by atoms with Crippen LogP contribution >= 0.6 is 0 Å². The van der Waals surface area contributed by atoms with Crippen LogP contribution < -0.4 is 5.84 Å². The van der Waals surface area contributed by atoms with Gasteiger partial charge in [0, 0.05) is 18.7 Å². The lowest BCUT2D eigenvalue weighted by Crippen LogP contribution is -2.18. The number of nitrogens with zero attached hydrogens (tertiary/aromatic N) is 2. The van der Waals surface area contributed by atoms with Crippen LogP contribution in [-0.4, -0.2) is 30.7 Å². The Morgan fingerprint density at radius 1 is 1.40 bits per heavy atom. The van der Waals surface area contributed by atoms with Gasteiger partial charge in [0.25, 0.3) is 0 Å². The minimum Gasteiger partial charge on any atom is -0.323 e. The largest absolute Gasteiger partial charge is 0.323 e. The van der Waals surface area contributed by atoms with Gasteiger partial charge in [0.1, 0.15) is 0 Å². The molecule has 3 nitrogen and oxygen atoms in total. The van der Waals surface area contributed by atoms with Gasteiger partial charge in [-0.25, -0.2) is 0 Å². The molecule has 1 saturated heterocycles. The maximum atomic E-state index is 5.19. The van der Waals surface area contributed by atoms with E-state index in [1.165, 1.54) is 18.7 Å². The molecule has 0 aliphatic carbocycles. The topological polar surface area (TPSA) is 41.6 Å². The molecule has 1 aliphatic rings. The van der Waals surface area contributed by atoms with Gasteiger partial charge in [0.15, 0.2) is 0 Å². The van der Waals surface area contributed by atoms with Gasteiger partial charge >= 0.3 is 0 Å². The summed E-state index contributed by atoms with van der Waals surface area (Å²) in [6.07, 6.45) is 3.33. The van der Waals surface area contributed by atoms with E-state index < -0.39 is 0 Å². The number of rotatable bonds is 0. The van der Waals surface area contributed by atoms with E-state index in [-0.39, 0.29) is 0 Å². The quantitative estimate of drug-likeness (QED) is 0.392. The molecule has 3 heteroatoms. The zero-order valence-corrected chi connectivity index (χ0v) is 6.51. The predicted octanol–water partition coefficient (Wildman–Crippen LogP) is 0.417. The van der Waals surface area contributed by atoms with Crippen LogP contribution in [0.5, 0.6) is 0 Å². The molecular weight excluding hydrogens is 126 g/mol. The molecular formula is C7H15N3. The third-order valence-corrected chi connectivity index (χ3v) is 1.97. The minimum absolute atomic E-state index is 1.05. The van der Waals surface area contributed by atoms with Gasteiger partial charge in [-0.15, -0.1) is 0 Å². The molecule has 0 aromatic heterocycles. The first-order valence-corrected chi connectivity index (χ1v) is 3.77. The summed E-state index contributed by atoms with van der Waals surface area (Å²) < 4.78 is 0. The van der Waals surface area contributed by atoms with Crippen LogP contribution in [0.4, 0.5) is 0 Å². The van der Waals surface area contributed by atoms with Gasteiger partial charge in [0.2, 0.25) is 0 Å². The molecule has 0 aromatic rings. The number of hydrogen-bond acceptors (Lipinski definition) is 3. The third-order valence-electron chi connectivity index (χ3n) is 1.97. The lowest BCUT2D eigenvalue weighted by Gasteiger charge is -2.10. The van der Waals surface area contributed by atoms with E-state index in [2.05, 4.69) is 17.0 Å². The highest BCUT2D eigenvalue weighted by atomic mass is 15.1. The molecule has 10 heavy (non-hydrogen) atoms. The zero-order chi connectivity index (χ0) is 7.40. The van der Waals surface area contributed by atoms with Crippen molar-refractivity contribution in [3.05, 3.63) is 0 Å². The fraction of sp³-hybridized carbons (Fsp3) is 0.857. The van der Waals surface area contributed by atoms with E-state index in [9.17, 15) is 0 Å². The lowest BCUT2D eigenvalue weighted by molar-refractivity contribution is 0.352. The van der Waals surface area contributed by atoms with Gasteiger partial charge in [-0.3, -0.25) is 0 Å². The van der Waals surface area contributed by atoms with Crippen molar-refractivity contribution in [2.75, 3.05) is 20.1 Å². The van der Waals surface area contributed by atoms with Crippen LogP contribution in [0.3, 0.4) is 0 Å². The first-order chi connectivity index (χ1) is 4.83. The molecule has 1 aliphatic heterocycles. The van der Waals surface area contributed by atoms with Crippen molar-refractivity contribution < 1.29 is 0 Å². The van der Waals surface area contributed by atoms with Gasteiger partial charge in [-0.05, 0) is 26.4 Å². The molecule has 0 amide bonds. The van der Waals surface area contributed by atoms with Crippen LogP contribution in [0.15, 0.2) is 5.10 Å².